The first-order valence-corrected chi connectivity index (χ1v) is 19.7. The molecule has 5 heteroatoms. The van der Waals surface area contributed by atoms with Crippen molar-refractivity contribution in [1.82, 2.24) is 5.32 Å². The maximum absolute atomic E-state index is 6.66. The van der Waals surface area contributed by atoms with Crippen LogP contribution in [0.5, 0.6) is 0 Å². The van der Waals surface area contributed by atoms with Crippen molar-refractivity contribution >= 4 is 97.4 Å². The highest BCUT2D eigenvalue weighted by Gasteiger charge is 2.25. The van der Waals surface area contributed by atoms with Gasteiger partial charge in [0.25, 0.3) is 0 Å². The molecular weight excluding hydrogens is 703 g/mol. The Labute approximate surface area is 325 Å². The van der Waals surface area contributed by atoms with Crippen molar-refractivity contribution in [3.05, 3.63) is 193 Å². The van der Waals surface area contributed by atoms with Crippen LogP contribution in [0.15, 0.2) is 190 Å². The van der Waals surface area contributed by atoms with Crippen LogP contribution in [0.2, 0.25) is 0 Å². The molecule has 2 aromatic heterocycles. The molecule has 12 rings (SSSR count). The first kappa shape index (κ1) is 31.3. The van der Waals surface area contributed by atoms with Crippen molar-refractivity contribution in [1.29, 1.82) is 0 Å². The number of rotatable bonds is 4. The van der Waals surface area contributed by atoms with Crippen LogP contribution in [-0.2, 0) is 0 Å². The number of amidine groups is 2. The Balaban J connectivity index is 0.992. The van der Waals surface area contributed by atoms with Crippen LogP contribution in [0.3, 0.4) is 0 Å². The largest absolute Gasteiger partial charge is 0.456 e. The molecule has 9 aromatic carbocycles. The molecule has 1 N–H and O–H groups in total. The lowest BCUT2D eigenvalue weighted by Crippen LogP contribution is -2.33. The minimum atomic E-state index is -0.325. The number of furan rings is 1. The van der Waals surface area contributed by atoms with Crippen molar-refractivity contribution in [2.45, 2.75) is 6.17 Å². The Morgan fingerprint density at radius 3 is 1.91 bits per heavy atom. The second-order valence-electron chi connectivity index (χ2n) is 14.5. The quantitative estimate of drug-likeness (QED) is 0.183. The van der Waals surface area contributed by atoms with E-state index >= 15 is 0 Å². The van der Waals surface area contributed by atoms with E-state index in [1.54, 1.807) is 0 Å². The van der Waals surface area contributed by atoms with Gasteiger partial charge in [-0.1, -0.05) is 146 Å². The maximum Gasteiger partial charge on any atom is 0.159 e. The summed E-state index contributed by atoms with van der Waals surface area (Å²) in [5.41, 5.74) is 7.04. The minimum Gasteiger partial charge on any atom is -0.456 e. The summed E-state index contributed by atoms with van der Waals surface area (Å²) in [4.78, 5) is 10.4. The van der Waals surface area contributed by atoms with Gasteiger partial charge in [0.05, 0.1) is 0 Å². The molecule has 1 aliphatic rings. The van der Waals surface area contributed by atoms with Crippen LogP contribution in [0, 0.1) is 0 Å². The molecule has 262 valence electrons. The van der Waals surface area contributed by atoms with Crippen molar-refractivity contribution in [3.63, 3.8) is 0 Å². The molecular formula is C51H31N3OS. The summed E-state index contributed by atoms with van der Waals surface area (Å²) in [5.74, 6) is 1.46. The van der Waals surface area contributed by atoms with E-state index in [0.29, 0.717) is 5.84 Å². The molecule has 0 fully saturated rings. The van der Waals surface area contributed by atoms with Crippen LogP contribution >= 0.6 is 11.3 Å². The number of hydrogen-bond donors (Lipinski definition) is 1. The van der Waals surface area contributed by atoms with Gasteiger partial charge in [0, 0.05) is 47.6 Å². The number of nitrogens with zero attached hydrogens (tertiary/aromatic N) is 2. The van der Waals surface area contributed by atoms with Crippen LogP contribution in [0.4, 0.5) is 0 Å². The van der Waals surface area contributed by atoms with Gasteiger partial charge >= 0.3 is 0 Å². The molecule has 1 aliphatic heterocycles. The molecule has 0 bridgehead atoms. The van der Waals surface area contributed by atoms with Crippen LogP contribution in [-0.4, -0.2) is 11.7 Å². The second kappa shape index (κ2) is 12.2. The number of thiophene rings is 1. The molecule has 0 aliphatic carbocycles. The molecule has 56 heavy (non-hydrogen) atoms. The smallest absolute Gasteiger partial charge is 0.159 e. The fourth-order valence-corrected chi connectivity index (χ4v) is 9.99. The Kier molecular flexibility index (Phi) is 6.83. The lowest BCUT2D eigenvalue weighted by molar-refractivity contribution is 0.667. The average molecular weight is 734 g/mol. The third kappa shape index (κ3) is 4.78. The molecule has 0 amide bonds. The molecule has 11 aromatic rings. The van der Waals surface area contributed by atoms with Crippen molar-refractivity contribution in [2.75, 3.05) is 0 Å². The average Bonchev–Trinajstić information content (AvgIpc) is 3.85. The van der Waals surface area contributed by atoms with Crippen molar-refractivity contribution in [2.24, 2.45) is 9.98 Å². The Morgan fingerprint density at radius 2 is 1.11 bits per heavy atom. The predicted molar refractivity (Wildman–Crippen MR) is 236 cm³/mol. The fraction of sp³-hybridized carbons (Fsp3) is 0.0196. The molecule has 3 heterocycles. The number of nitrogens with one attached hydrogen (secondary N) is 1. The van der Waals surface area contributed by atoms with E-state index < -0.39 is 0 Å². The molecule has 4 nitrogen and oxygen atoms in total. The molecule has 0 saturated heterocycles. The van der Waals surface area contributed by atoms with Crippen LogP contribution in [0.1, 0.15) is 22.9 Å². The highest BCUT2D eigenvalue weighted by molar-refractivity contribution is 7.26. The summed E-state index contributed by atoms with van der Waals surface area (Å²) >= 11 is 1.82. The highest BCUT2D eigenvalue weighted by Crippen LogP contribution is 2.42. The zero-order valence-electron chi connectivity index (χ0n) is 30.0. The second-order valence-corrected chi connectivity index (χ2v) is 15.5. The highest BCUT2D eigenvalue weighted by atomic mass is 32.1. The van der Waals surface area contributed by atoms with Gasteiger partial charge in [-0.2, -0.15) is 0 Å². The van der Waals surface area contributed by atoms with E-state index in [1.165, 1.54) is 52.5 Å². The third-order valence-corrected chi connectivity index (χ3v) is 12.6. The number of benzene rings is 9. The van der Waals surface area contributed by atoms with E-state index in [4.69, 9.17) is 14.4 Å². The minimum absolute atomic E-state index is 0.325. The maximum atomic E-state index is 6.66. The number of aliphatic imine (C=N–C) groups is 2. The topological polar surface area (TPSA) is 49.9 Å². The van der Waals surface area contributed by atoms with Crippen molar-refractivity contribution in [3.8, 4) is 11.1 Å². The monoisotopic (exact) mass is 733 g/mol. The van der Waals surface area contributed by atoms with Crippen molar-refractivity contribution < 1.29 is 4.42 Å². The lowest BCUT2D eigenvalue weighted by atomic mass is 9.91. The van der Waals surface area contributed by atoms with Crippen LogP contribution in [0.25, 0.3) is 85.6 Å². The Bertz CT molecular complexity index is 3430. The molecule has 0 radical (unpaired) electrons. The summed E-state index contributed by atoms with van der Waals surface area (Å²) in [6.45, 7) is 0. The van der Waals surface area contributed by atoms with Gasteiger partial charge in [-0.05, 0) is 73.8 Å². The zero-order valence-corrected chi connectivity index (χ0v) is 30.8. The summed E-state index contributed by atoms with van der Waals surface area (Å²) in [7, 11) is 0. The first-order chi connectivity index (χ1) is 27.7. The van der Waals surface area contributed by atoms with E-state index in [1.807, 2.05) is 29.5 Å². The zero-order chi connectivity index (χ0) is 36.7. The van der Waals surface area contributed by atoms with Gasteiger partial charge in [-0.15, -0.1) is 11.3 Å². The molecule has 1 atom stereocenters. The predicted octanol–water partition coefficient (Wildman–Crippen LogP) is 13.6. The Hall–Kier alpha value is -7.08. The fourth-order valence-electron chi connectivity index (χ4n) is 8.75. The van der Waals surface area contributed by atoms with Gasteiger partial charge in [0.1, 0.15) is 23.2 Å². The summed E-state index contributed by atoms with van der Waals surface area (Å²) < 4.78 is 9.17. The van der Waals surface area contributed by atoms with Gasteiger partial charge < -0.3 is 9.73 Å². The third-order valence-electron chi connectivity index (χ3n) is 11.3. The normalized spacial score (nSPS) is 14.6. The van der Waals surface area contributed by atoms with Gasteiger partial charge in [0.2, 0.25) is 0 Å². The summed E-state index contributed by atoms with van der Waals surface area (Å²) in [5, 5.41) is 16.0. The van der Waals surface area contributed by atoms with E-state index in [0.717, 1.165) is 55.6 Å². The number of fused-ring (bicyclic) bond motifs is 12. The van der Waals surface area contributed by atoms with Gasteiger partial charge in [-0.25, -0.2) is 9.98 Å². The van der Waals surface area contributed by atoms with E-state index in [2.05, 4.69) is 163 Å². The standard InChI is InChI=1S/C51H31N3OS/c1-2-12-30(13-3-1)49-52-50(54-51(53-49)42-21-10-20-40-39-18-8-9-23-46(39)56-48(40)42)32-25-27-41-45(29-32)55-44-22-11-19-33(47(41)44)31-24-26-38-36-16-5-4-14-34(36)35-15-6-7-17-37(35)43(38)28-31/h1-29,51H,(H,52,53,54). The van der Waals surface area contributed by atoms with Gasteiger partial charge in [0.15, 0.2) is 5.84 Å². The first-order valence-electron chi connectivity index (χ1n) is 18.9. The van der Waals surface area contributed by atoms with E-state index in [9.17, 15) is 0 Å². The summed E-state index contributed by atoms with van der Waals surface area (Å²) in [6.07, 6.45) is -0.325. The van der Waals surface area contributed by atoms with Gasteiger partial charge in [-0.3, -0.25) is 0 Å². The molecule has 0 saturated carbocycles. The molecule has 0 spiro atoms. The summed E-state index contributed by atoms with van der Waals surface area (Å²) in [6, 6.07) is 62.6. The van der Waals surface area contributed by atoms with Crippen LogP contribution < -0.4 is 5.32 Å². The number of hydrogen-bond acceptors (Lipinski definition) is 5. The Morgan fingerprint density at radius 1 is 0.464 bits per heavy atom. The van der Waals surface area contributed by atoms with E-state index in [-0.39, 0.29) is 6.17 Å². The lowest BCUT2D eigenvalue weighted by Gasteiger charge is -2.24. The SMILES string of the molecule is c1ccc(C2=NC(c3cccc4c3sc3ccccc34)NC(c3ccc4c(c3)oc3cccc(-c5ccc6c7ccccc7c7ccccc7c6c5)c34)=N2)cc1. The molecule has 1 unspecified atom stereocenters.